The van der Waals surface area contributed by atoms with Crippen LogP contribution in [0.4, 0.5) is 11.6 Å². The molecule has 0 amide bonds. The predicted octanol–water partition coefficient (Wildman–Crippen LogP) is 4.54. The number of benzene rings is 2. The maximum Gasteiger partial charge on any atom is 0.227 e. The van der Waals surface area contributed by atoms with E-state index in [1.54, 1.807) is 0 Å². The molecule has 0 atom stereocenters. The Morgan fingerprint density at radius 1 is 1.08 bits per heavy atom. The molecule has 4 nitrogen and oxygen atoms in total. The van der Waals surface area contributed by atoms with Crippen LogP contribution in [-0.4, -0.2) is 21.4 Å². The van der Waals surface area contributed by atoms with E-state index in [0.717, 1.165) is 41.9 Å². The van der Waals surface area contributed by atoms with Gasteiger partial charge in [-0.05, 0) is 29.8 Å². The van der Waals surface area contributed by atoms with Crippen LogP contribution >= 0.6 is 15.9 Å². The summed E-state index contributed by atoms with van der Waals surface area (Å²) in [4.78, 5) is 11.6. The van der Waals surface area contributed by atoms with Crippen molar-refractivity contribution in [1.82, 2.24) is 14.9 Å². The molecule has 0 unspecified atom stereocenters. The maximum absolute atomic E-state index is 4.71. The number of fused-ring (bicyclic) bond motifs is 1. The first kappa shape index (κ1) is 16.2. The molecular weight excluding hydrogens is 376 g/mol. The van der Waals surface area contributed by atoms with E-state index in [1.807, 2.05) is 36.5 Å². The molecule has 3 aromatic rings. The molecule has 0 bridgehead atoms. The molecule has 5 heteroatoms. The monoisotopic (exact) mass is 394 g/mol. The summed E-state index contributed by atoms with van der Waals surface area (Å²) in [6.45, 7) is 2.86. The van der Waals surface area contributed by atoms with Gasteiger partial charge < -0.3 is 5.32 Å². The minimum Gasteiger partial charge on any atom is -0.324 e. The molecule has 4 rings (SSSR count). The van der Waals surface area contributed by atoms with Gasteiger partial charge in [0.15, 0.2) is 0 Å². The molecule has 126 valence electrons. The second-order valence-corrected chi connectivity index (χ2v) is 7.16. The Hall–Kier alpha value is -2.24. The molecule has 0 saturated heterocycles. The topological polar surface area (TPSA) is 41.1 Å². The summed E-state index contributed by atoms with van der Waals surface area (Å²) in [5.74, 6) is 0.672. The normalized spacial score (nSPS) is 14.1. The number of hydrogen-bond donors (Lipinski definition) is 1. The van der Waals surface area contributed by atoms with Gasteiger partial charge >= 0.3 is 0 Å². The van der Waals surface area contributed by atoms with E-state index in [1.165, 1.54) is 11.1 Å². The summed E-state index contributed by atoms with van der Waals surface area (Å²) in [7, 11) is 0. The molecular formula is C20H19BrN4. The number of rotatable bonds is 4. The minimum atomic E-state index is 0.672. The van der Waals surface area contributed by atoms with Crippen LogP contribution in [0, 0.1) is 0 Å². The second kappa shape index (κ2) is 7.33. The van der Waals surface area contributed by atoms with Crippen LogP contribution in [0.5, 0.6) is 0 Å². The Morgan fingerprint density at radius 3 is 2.80 bits per heavy atom. The molecule has 0 aliphatic carbocycles. The van der Waals surface area contributed by atoms with Gasteiger partial charge in [0, 0.05) is 48.0 Å². The largest absolute Gasteiger partial charge is 0.324 e. The molecule has 1 aliphatic heterocycles. The van der Waals surface area contributed by atoms with Crippen LogP contribution in [0.1, 0.15) is 16.8 Å². The lowest BCUT2D eigenvalue weighted by molar-refractivity contribution is 0.243. The highest BCUT2D eigenvalue weighted by Crippen LogP contribution is 2.22. The fourth-order valence-corrected chi connectivity index (χ4v) is 3.56. The molecule has 1 aliphatic rings. The lowest BCUT2D eigenvalue weighted by Crippen LogP contribution is -2.31. The molecule has 2 heterocycles. The van der Waals surface area contributed by atoms with Crippen molar-refractivity contribution in [2.45, 2.75) is 19.5 Å². The highest BCUT2D eigenvalue weighted by Gasteiger charge is 2.18. The smallest absolute Gasteiger partial charge is 0.227 e. The van der Waals surface area contributed by atoms with E-state index in [9.17, 15) is 0 Å². The van der Waals surface area contributed by atoms with E-state index >= 15 is 0 Å². The summed E-state index contributed by atoms with van der Waals surface area (Å²) in [5, 5.41) is 3.27. The Kier molecular flexibility index (Phi) is 4.76. The standard InChI is InChI=1S/C20H19BrN4/c21-17-6-4-5-15(11-17)13-25-10-9-19-16(14-25)12-22-20(24-19)23-18-7-2-1-3-8-18/h1-8,11-12H,9-10,13-14H2,(H,22,23,24). The van der Waals surface area contributed by atoms with Gasteiger partial charge in [0.05, 0.1) is 5.69 Å². The van der Waals surface area contributed by atoms with Crippen LogP contribution < -0.4 is 5.32 Å². The van der Waals surface area contributed by atoms with Crippen LogP contribution in [-0.2, 0) is 19.5 Å². The van der Waals surface area contributed by atoms with Crippen molar-refractivity contribution in [2.75, 3.05) is 11.9 Å². The van der Waals surface area contributed by atoms with E-state index in [0.29, 0.717) is 5.95 Å². The van der Waals surface area contributed by atoms with Gasteiger partial charge in [-0.2, -0.15) is 0 Å². The predicted molar refractivity (Wildman–Crippen MR) is 104 cm³/mol. The Balaban J connectivity index is 1.45. The summed E-state index contributed by atoms with van der Waals surface area (Å²) < 4.78 is 1.13. The quantitative estimate of drug-likeness (QED) is 0.704. The molecule has 0 radical (unpaired) electrons. The number of halogens is 1. The molecule has 1 aromatic heterocycles. The summed E-state index contributed by atoms with van der Waals surface area (Å²) in [6.07, 6.45) is 2.91. The average Bonchev–Trinajstić information content (AvgIpc) is 2.63. The first-order valence-corrected chi connectivity index (χ1v) is 9.19. The minimum absolute atomic E-state index is 0.672. The molecule has 0 saturated carbocycles. The Morgan fingerprint density at radius 2 is 1.96 bits per heavy atom. The zero-order valence-electron chi connectivity index (χ0n) is 13.8. The van der Waals surface area contributed by atoms with Gasteiger partial charge in [-0.1, -0.05) is 46.3 Å². The van der Waals surface area contributed by atoms with E-state index in [4.69, 9.17) is 4.98 Å². The molecule has 25 heavy (non-hydrogen) atoms. The Labute approximate surface area is 156 Å². The van der Waals surface area contributed by atoms with Crippen molar-refractivity contribution in [3.05, 3.63) is 82.1 Å². The SMILES string of the molecule is Brc1cccc(CN2CCc3nc(Nc4ccccc4)ncc3C2)c1. The van der Waals surface area contributed by atoms with Crippen molar-refractivity contribution < 1.29 is 0 Å². The average molecular weight is 395 g/mol. The van der Waals surface area contributed by atoms with Gasteiger partial charge in [0.25, 0.3) is 0 Å². The highest BCUT2D eigenvalue weighted by atomic mass is 79.9. The number of aromatic nitrogens is 2. The van der Waals surface area contributed by atoms with E-state index in [-0.39, 0.29) is 0 Å². The van der Waals surface area contributed by atoms with Crippen molar-refractivity contribution in [3.8, 4) is 0 Å². The zero-order chi connectivity index (χ0) is 17.1. The lowest BCUT2D eigenvalue weighted by atomic mass is 10.1. The fourth-order valence-electron chi connectivity index (χ4n) is 3.11. The first-order chi connectivity index (χ1) is 12.3. The summed E-state index contributed by atoms with van der Waals surface area (Å²) in [5.41, 5.74) is 4.70. The first-order valence-electron chi connectivity index (χ1n) is 8.40. The maximum atomic E-state index is 4.71. The zero-order valence-corrected chi connectivity index (χ0v) is 15.4. The lowest BCUT2D eigenvalue weighted by Gasteiger charge is -2.28. The highest BCUT2D eigenvalue weighted by molar-refractivity contribution is 9.10. The van der Waals surface area contributed by atoms with Crippen LogP contribution in [0.15, 0.2) is 65.3 Å². The number of nitrogens with one attached hydrogen (secondary N) is 1. The van der Waals surface area contributed by atoms with Gasteiger partial charge in [-0.25, -0.2) is 9.97 Å². The fraction of sp³-hybridized carbons (Fsp3) is 0.200. The third kappa shape index (κ3) is 4.06. The summed E-state index contributed by atoms with van der Waals surface area (Å²) in [6, 6.07) is 18.5. The van der Waals surface area contributed by atoms with E-state index in [2.05, 4.69) is 55.4 Å². The van der Waals surface area contributed by atoms with E-state index < -0.39 is 0 Å². The second-order valence-electron chi connectivity index (χ2n) is 6.25. The summed E-state index contributed by atoms with van der Waals surface area (Å²) >= 11 is 3.54. The number of hydrogen-bond acceptors (Lipinski definition) is 4. The third-order valence-corrected chi connectivity index (χ3v) is 4.83. The van der Waals surface area contributed by atoms with Gasteiger partial charge in [-0.15, -0.1) is 0 Å². The molecule has 0 fully saturated rings. The van der Waals surface area contributed by atoms with Crippen molar-refractivity contribution in [3.63, 3.8) is 0 Å². The van der Waals surface area contributed by atoms with Gasteiger partial charge in [-0.3, -0.25) is 4.90 Å². The van der Waals surface area contributed by atoms with Crippen LogP contribution in [0.3, 0.4) is 0 Å². The number of nitrogens with zero attached hydrogens (tertiary/aromatic N) is 3. The van der Waals surface area contributed by atoms with Crippen molar-refractivity contribution >= 4 is 27.6 Å². The molecule has 1 N–H and O–H groups in total. The third-order valence-electron chi connectivity index (χ3n) is 4.34. The number of para-hydroxylation sites is 1. The van der Waals surface area contributed by atoms with Gasteiger partial charge in [0.1, 0.15) is 0 Å². The molecule has 2 aromatic carbocycles. The van der Waals surface area contributed by atoms with Gasteiger partial charge in [0.2, 0.25) is 5.95 Å². The van der Waals surface area contributed by atoms with Crippen molar-refractivity contribution in [2.24, 2.45) is 0 Å². The Bertz CT molecular complexity index is 867. The number of anilines is 2. The van der Waals surface area contributed by atoms with Crippen LogP contribution in [0.25, 0.3) is 0 Å². The molecule has 0 spiro atoms. The van der Waals surface area contributed by atoms with Crippen LogP contribution in [0.2, 0.25) is 0 Å². The van der Waals surface area contributed by atoms with Crippen molar-refractivity contribution in [1.29, 1.82) is 0 Å².